The minimum Gasteiger partial charge on any atom is -0.350 e. The summed E-state index contributed by atoms with van der Waals surface area (Å²) in [5, 5.41) is 8.54. The number of hydrogen-bond acceptors (Lipinski definition) is 1. The van der Waals surface area contributed by atoms with Crippen LogP contribution in [0.4, 0.5) is 0 Å². The Morgan fingerprint density at radius 2 is 2.25 bits per heavy atom. The Morgan fingerprint density at radius 3 is 2.83 bits per heavy atom. The number of nitrogens with one attached hydrogen (secondary N) is 1. The molecule has 2 nitrogen and oxygen atoms in total. The zero-order chi connectivity index (χ0) is 8.81. The number of aromatic amines is 1. The molecule has 0 fully saturated rings. The van der Waals surface area contributed by atoms with Gasteiger partial charge in [-0.25, -0.2) is 0 Å². The van der Waals surface area contributed by atoms with Crippen LogP contribution in [0.2, 0.25) is 0 Å². The molecule has 0 amide bonds. The summed E-state index contributed by atoms with van der Waals surface area (Å²) in [4.78, 5) is 3.06. The number of H-pyrrole nitrogens is 1. The summed E-state index contributed by atoms with van der Waals surface area (Å²) in [5.41, 5.74) is 1.85. The summed E-state index contributed by atoms with van der Waals surface area (Å²) in [6.45, 7) is 2.19. The predicted octanol–water partition coefficient (Wildman–Crippen LogP) is 2.62. The molecule has 0 aliphatic heterocycles. The van der Waals surface area contributed by atoms with Crippen molar-refractivity contribution in [2.45, 2.75) is 32.6 Å². The van der Waals surface area contributed by atoms with Gasteiger partial charge in [0.15, 0.2) is 0 Å². The molecule has 0 aromatic carbocycles. The molecule has 1 aromatic heterocycles. The van der Waals surface area contributed by atoms with Crippen molar-refractivity contribution in [2.75, 3.05) is 0 Å². The lowest BCUT2D eigenvalue weighted by atomic mass is 10.2. The molecule has 12 heavy (non-hydrogen) atoms. The van der Waals surface area contributed by atoms with Crippen molar-refractivity contribution in [3.8, 4) is 6.07 Å². The maximum Gasteiger partial charge on any atom is 0.117 e. The smallest absolute Gasteiger partial charge is 0.117 e. The zero-order valence-corrected chi connectivity index (χ0v) is 7.43. The first-order valence-electron chi connectivity index (χ1n) is 4.44. The number of nitrogens with zero attached hydrogens (tertiary/aromatic N) is 1. The van der Waals surface area contributed by atoms with Crippen LogP contribution in [-0.4, -0.2) is 4.98 Å². The van der Waals surface area contributed by atoms with E-state index in [2.05, 4.69) is 18.0 Å². The molecule has 2 heteroatoms. The SMILES string of the molecule is CCCCCc1ccc(C#N)[nH]1. The molecule has 0 saturated heterocycles. The quantitative estimate of drug-likeness (QED) is 0.679. The Labute approximate surface area is 73.2 Å². The average molecular weight is 162 g/mol. The molecular weight excluding hydrogens is 148 g/mol. The topological polar surface area (TPSA) is 39.6 Å². The first kappa shape index (κ1) is 8.86. The molecule has 1 rings (SSSR count). The normalized spacial score (nSPS) is 9.67. The van der Waals surface area contributed by atoms with Crippen LogP contribution in [0.15, 0.2) is 12.1 Å². The van der Waals surface area contributed by atoms with E-state index in [9.17, 15) is 0 Å². The predicted molar refractivity (Wildman–Crippen MR) is 48.7 cm³/mol. The van der Waals surface area contributed by atoms with E-state index in [0.29, 0.717) is 5.69 Å². The standard InChI is InChI=1S/C10H14N2/c1-2-3-4-5-9-6-7-10(8-11)12-9/h6-7,12H,2-5H2,1H3. The molecule has 64 valence electrons. The number of unbranched alkanes of at least 4 members (excludes halogenated alkanes) is 2. The molecule has 1 aromatic rings. The number of hydrogen-bond donors (Lipinski definition) is 1. The Morgan fingerprint density at radius 1 is 1.42 bits per heavy atom. The van der Waals surface area contributed by atoms with E-state index in [4.69, 9.17) is 5.26 Å². The summed E-state index contributed by atoms with van der Waals surface area (Å²) in [6, 6.07) is 5.91. The van der Waals surface area contributed by atoms with E-state index < -0.39 is 0 Å². The van der Waals surface area contributed by atoms with Gasteiger partial charge in [-0.05, 0) is 25.0 Å². The van der Waals surface area contributed by atoms with Gasteiger partial charge in [0.2, 0.25) is 0 Å². The van der Waals surface area contributed by atoms with E-state index in [1.165, 1.54) is 25.0 Å². The van der Waals surface area contributed by atoms with Gasteiger partial charge in [0, 0.05) is 5.69 Å². The van der Waals surface area contributed by atoms with Gasteiger partial charge in [-0.2, -0.15) is 5.26 Å². The molecule has 0 radical (unpaired) electrons. The van der Waals surface area contributed by atoms with Gasteiger partial charge >= 0.3 is 0 Å². The maximum atomic E-state index is 8.54. The van der Waals surface area contributed by atoms with Gasteiger partial charge in [-0.15, -0.1) is 0 Å². The highest BCUT2D eigenvalue weighted by molar-refractivity contribution is 5.24. The van der Waals surface area contributed by atoms with Crippen LogP contribution in [0.3, 0.4) is 0 Å². The van der Waals surface area contributed by atoms with Crippen LogP contribution in [-0.2, 0) is 6.42 Å². The van der Waals surface area contributed by atoms with Crippen LogP contribution in [0.25, 0.3) is 0 Å². The van der Waals surface area contributed by atoms with E-state index in [1.807, 2.05) is 12.1 Å². The Balaban J connectivity index is 2.38. The summed E-state index contributed by atoms with van der Waals surface area (Å²) in [7, 11) is 0. The third kappa shape index (κ3) is 2.43. The summed E-state index contributed by atoms with van der Waals surface area (Å²) in [5.74, 6) is 0. The number of nitriles is 1. The number of rotatable bonds is 4. The molecule has 0 unspecified atom stereocenters. The van der Waals surface area contributed by atoms with Gasteiger partial charge < -0.3 is 4.98 Å². The van der Waals surface area contributed by atoms with Gasteiger partial charge in [-0.1, -0.05) is 19.8 Å². The highest BCUT2D eigenvalue weighted by Crippen LogP contribution is 2.06. The molecule has 0 aliphatic rings. The van der Waals surface area contributed by atoms with Crippen LogP contribution in [0.5, 0.6) is 0 Å². The fourth-order valence-corrected chi connectivity index (χ4v) is 1.22. The first-order chi connectivity index (χ1) is 5.86. The van der Waals surface area contributed by atoms with Gasteiger partial charge in [0.05, 0.1) is 0 Å². The van der Waals surface area contributed by atoms with Crippen LogP contribution in [0.1, 0.15) is 37.6 Å². The van der Waals surface area contributed by atoms with Gasteiger partial charge in [-0.3, -0.25) is 0 Å². The van der Waals surface area contributed by atoms with Crippen molar-refractivity contribution >= 4 is 0 Å². The Bertz CT molecular complexity index is 268. The summed E-state index contributed by atoms with van der Waals surface area (Å²) >= 11 is 0. The first-order valence-corrected chi connectivity index (χ1v) is 4.44. The lowest BCUT2D eigenvalue weighted by Crippen LogP contribution is -1.85. The Kier molecular flexibility index (Phi) is 3.40. The molecule has 0 aliphatic carbocycles. The largest absolute Gasteiger partial charge is 0.350 e. The van der Waals surface area contributed by atoms with Crippen molar-refractivity contribution < 1.29 is 0 Å². The van der Waals surface area contributed by atoms with Crippen LogP contribution >= 0.6 is 0 Å². The molecule has 0 bridgehead atoms. The average Bonchev–Trinajstić information content (AvgIpc) is 2.53. The second-order valence-corrected chi connectivity index (χ2v) is 2.97. The lowest BCUT2D eigenvalue weighted by molar-refractivity contribution is 0.709. The van der Waals surface area contributed by atoms with Crippen LogP contribution in [0, 0.1) is 11.3 Å². The van der Waals surface area contributed by atoms with Crippen molar-refractivity contribution in [3.05, 3.63) is 23.5 Å². The van der Waals surface area contributed by atoms with Crippen molar-refractivity contribution in [2.24, 2.45) is 0 Å². The lowest BCUT2D eigenvalue weighted by Gasteiger charge is -1.94. The molecular formula is C10H14N2. The summed E-state index contributed by atoms with van der Waals surface area (Å²) < 4.78 is 0. The van der Waals surface area contributed by atoms with Crippen molar-refractivity contribution in [3.63, 3.8) is 0 Å². The number of aromatic nitrogens is 1. The van der Waals surface area contributed by atoms with Crippen molar-refractivity contribution in [1.82, 2.24) is 4.98 Å². The maximum absolute atomic E-state index is 8.54. The van der Waals surface area contributed by atoms with Crippen molar-refractivity contribution in [1.29, 1.82) is 5.26 Å². The highest BCUT2D eigenvalue weighted by Gasteiger charge is 1.96. The number of aryl methyl sites for hydroxylation is 1. The minimum absolute atomic E-state index is 0.668. The molecule has 1 heterocycles. The molecule has 0 atom stereocenters. The van der Waals surface area contributed by atoms with E-state index in [-0.39, 0.29) is 0 Å². The van der Waals surface area contributed by atoms with Gasteiger partial charge in [0.1, 0.15) is 11.8 Å². The molecule has 0 spiro atoms. The zero-order valence-electron chi connectivity index (χ0n) is 7.43. The van der Waals surface area contributed by atoms with E-state index in [0.717, 1.165) is 6.42 Å². The fraction of sp³-hybridized carbons (Fsp3) is 0.500. The van der Waals surface area contributed by atoms with E-state index >= 15 is 0 Å². The monoisotopic (exact) mass is 162 g/mol. The minimum atomic E-state index is 0.668. The molecule has 1 N–H and O–H groups in total. The summed E-state index contributed by atoms with van der Waals surface area (Å²) in [6.07, 6.45) is 4.78. The Hall–Kier alpha value is -1.23. The van der Waals surface area contributed by atoms with E-state index in [1.54, 1.807) is 0 Å². The van der Waals surface area contributed by atoms with Gasteiger partial charge in [0.25, 0.3) is 0 Å². The fourth-order valence-electron chi connectivity index (χ4n) is 1.22. The highest BCUT2D eigenvalue weighted by atomic mass is 14.7. The second-order valence-electron chi connectivity index (χ2n) is 2.97. The third-order valence-electron chi connectivity index (χ3n) is 1.92. The molecule has 0 saturated carbocycles. The van der Waals surface area contributed by atoms with Crippen LogP contribution < -0.4 is 0 Å². The second kappa shape index (κ2) is 4.61. The third-order valence-corrected chi connectivity index (χ3v) is 1.92.